The highest BCUT2D eigenvalue weighted by atomic mass is 16.2. The average molecular weight is 267 g/mol. The molecule has 1 saturated carbocycles. The van der Waals surface area contributed by atoms with Crippen LogP contribution in [-0.4, -0.2) is 49.1 Å². The number of nitrogens with one attached hydrogen (secondary N) is 2. The van der Waals surface area contributed by atoms with Crippen LogP contribution in [0.15, 0.2) is 0 Å². The van der Waals surface area contributed by atoms with Gasteiger partial charge < -0.3 is 15.5 Å². The Kier molecular flexibility index (Phi) is 5.22. The Labute approximate surface area is 117 Å². The van der Waals surface area contributed by atoms with Gasteiger partial charge in [0, 0.05) is 19.1 Å². The van der Waals surface area contributed by atoms with Crippen LogP contribution >= 0.6 is 0 Å². The topological polar surface area (TPSA) is 44.4 Å². The average Bonchev–Trinajstić information content (AvgIpc) is 3.12. The molecule has 19 heavy (non-hydrogen) atoms. The summed E-state index contributed by atoms with van der Waals surface area (Å²) in [6.07, 6.45) is 4.08. The molecule has 2 rings (SSSR count). The highest BCUT2D eigenvalue weighted by Crippen LogP contribution is 2.31. The van der Waals surface area contributed by atoms with E-state index in [4.69, 9.17) is 0 Å². The monoisotopic (exact) mass is 267 g/mol. The van der Waals surface area contributed by atoms with Crippen molar-refractivity contribution >= 4 is 5.91 Å². The highest BCUT2D eigenvalue weighted by Gasteiger charge is 2.34. The number of carbonyl (C=O) groups is 1. The highest BCUT2D eigenvalue weighted by molar-refractivity contribution is 5.81. The summed E-state index contributed by atoms with van der Waals surface area (Å²) >= 11 is 0. The second-order valence-electron chi connectivity index (χ2n) is 6.65. The Hall–Kier alpha value is -0.610. The van der Waals surface area contributed by atoms with Crippen LogP contribution < -0.4 is 10.6 Å². The van der Waals surface area contributed by atoms with Crippen LogP contribution in [0.2, 0.25) is 0 Å². The summed E-state index contributed by atoms with van der Waals surface area (Å²) in [7, 11) is 0. The molecule has 4 nitrogen and oxygen atoms in total. The smallest absolute Gasteiger partial charge is 0.236 e. The zero-order valence-corrected chi connectivity index (χ0v) is 12.6. The maximum Gasteiger partial charge on any atom is 0.236 e. The first-order valence-corrected chi connectivity index (χ1v) is 7.81. The standard InChI is InChI=1S/C15H29N3O/c1-11(2)8-17-15(19)12(3)16-9-13-6-7-18(10-13)14-4-5-14/h11-14,16H,4-10H2,1-3H3,(H,17,19). The first kappa shape index (κ1) is 14.8. The van der Waals surface area contributed by atoms with Gasteiger partial charge in [-0.25, -0.2) is 0 Å². The molecule has 0 bridgehead atoms. The van der Waals surface area contributed by atoms with E-state index in [1.807, 2.05) is 6.92 Å². The maximum atomic E-state index is 11.9. The lowest BCUT2D eigenvalue weighted by molar-refractivity contribution is -0.122. The van der Waals surface area contributed by atoms with Gasteiger partial charge in [-0.3, -0.25) is 4.79 Å². The van der Waals surface area contributed by atoms with E-state index in [-0.39, 0.29) is 11.9 Å². The van der Waals surface area contributed by atoms with Gasteiger partial charge in [-0.05, 0) is 51.1 Å². The van der Waals surface area contributed by atoms with Gasteiger partial charge in [0.05, 0.1) is 6.04 Å². The van der Waals surface area contributed by atoms with Gasteiger partial charge in [0.25, 0.3) is 0 Å². The molecule has 2 atom stereocenters. The van der Waals surface area contributed by atoms with E-state index in [9.17, 15) is 4.79 Å². The van der Waals surface area contributed by atoms with E-state index in [2.05, 4.69) is 29.4 Å². The number of carbonyl (C=O) groups excluding carboxylic acids is 1. The van der Waals surface area contributed by atoms with Gasteiger partial charge >= 0.3 is 0 Å². The second-order valence-corrected chi connectivity index (χ2v) is 6.65. The molecule has 0 spiro atoms. The molecule has 2 N–H and O–H groups in total. The molecule has 1 aliphatic carbocycles. The summed E-state index contributed by atoms with van der Waals surface area (Å²) in [6.45, 7) is 10.4. The Balaban J connectivity index is 1.60. The van der Waals surface area contributed by atoms with Crippen molar-refractivity contribution in [3.05, 3.63) is 0 Å². The molecule has 2 fully saturated rings. The number of hydrogen-bond acceptors (Lipinski definition) is 3. The normalized spacial score (nSPS) is 25.8. The summed E-state index contributed by atoms with van der Waals surface area (Å²) in [5.74, 6) is 1.37. The molecule has 1 aliphatic heterocycles. The minimum atomic E-state index is -0.0753. The maximum absolute atomic E-state index is 11.9. The van der Waals surface area contributed by atoms with Crippen molar-refractivity contribution in [2.45, 2.75) is 52.1 Å². The summed E-state index contributed by atoms with van der Waals surface area (Å²) in [6, 6.07) is 0.811. The number of likely N-dealkylation sites (tertiary alicyclic amines) is 1. The Morgan fingerprint density at radius 2 is 2.00 bits per heavy atom. The van der Waals surface area contributed by atoms with Crippen molar-refractivity contribution in [2.75, 3.05) is 26.2 Å². The summed E-state index contributed by atoms with van der Waals surface area (Å²) in [5, 5.41) is 6.37. The van der Waals surface area contributed by atoms with E-state index >= 15 is 0 Å². The predicted molar refractivity (Wildman–Crippen MR) is 78.0 cm³/mol. The first-order valence-electron chi connectivity index (χ1n) is 7.81. The lowest BCUT2D eigenvalue weighted by Gasteiger charge is -2.18. The molecular formula is C15H29N3O. The molecule has 1 heterocycles. The van der Waals surface area contributed by atoms with Crippen molar-refractivity contribution in [2.24, 2.45) is 11.8 Å². The minimum absolute atomic E-state index is 0.0753. The third kappa shape index (κ3) is 4.77. The molecule has 4 heteroatoms. The van der Waals surface area contributed by atoms with Crippen molar-refractivity contribution < 1.29 is 4.79 Å². The number of rotatable bonds is 7. The zero-order valence-electron chi connectivity index (χ0n) is 12.6. The Morgan fingerprint density at radius 1 is 1.26 bits per heavy atom. The van der Waals surface area contributed by atoms with Crippen molar-refractivity contribution in [3.63, 3.8) is 0 Å². The molecular weight excluding hydrogens is 238 g/mol. The summed E-state index contributed by atoms with van der Waals surface area (Å²) in [4.78, 5) is 14.5. The Bertz CT molecular complexity index is 302. The van der Waals surface area contributed by atoms with Crippen molar-refractivity contribution in [1.29, 1.82) is 0 Å². The quantitative estimate of drug-likeness (QED) is 0.729. The molecule has 1 saturated heterocycles. The lowest BCUT2D eigenvalue weighted by atomic mass is 10.1. The molecule has 110 valence electrons. The first-order chi connectivity index (χ1) is 9.06. The van der Waals surface area contributed by atoms with Crippen LogP contribution in [0.5, 0.6) is 0 Å². The van der Waals surface area contributed by atoms with Gasteiger partial charge in [-0.2, -0.15) is 0 Å². The number of nitrogens with zero attached hydrogens (tertiary/aromatic N) is 1. The third-order valence-corrected chi connectivity index (χ3v) is 4.17. The number of hydrogen-bond donors (Lipinski definition) is 2. The van der Waals surface area contributed by atoms with E-state index in [1.165, 1.54) is 32.4 Å². The molecule has 2 unspecified atom stereocenters. The summed E-state index contributed by atoms with van der Waals surface area (Å²) < 4.78 is 0. The predicted octanol–water partition coefficient (Wildman–Crippen LogP) is 1.22. The molecule has 0 radical (unpaired) electrons. The van der Waals surface area contributed by atoms with Gasteiger partial charge in [-0.1, -0.05) is 13.8 Å². The molecule has 0 aromatic rings. The molecule has 0 aromatic carbocycles. The largest absolute Gasteiger partial charge is 0.354 e. The van der Waals surface area contributed by atoms with E-state index < -0.39 is 0 Å². The molecule has 2 aliphatic rings. The molecule has 1 amide bonds. The van der Waals surface area contributed by atoms with Gasteiger partial charge in [-0.15, -0.1) is 0 Å². The van der Waals surface area contributed by atoms with Crippen LogP contribution in [0.3, 0.4) is 0 Å². The van der Waals surface area contributed by atoms with Crippen molar-refractivity contribution in [1.82, 2.24) is 15.5 Å². The number of amides is 1. The second kappa shape index (κ2) is 6.71. The fourth-order valence-electron chi connectivity index (χ4n) is 2.69. The van der Waals surface area contributed by atoms with Crippen LogP contribution in [0.25, 0.3) is 0 Å². The van der Waals surface area contributed by atoms with Crippen LogP contribution in [0, 0.1) is 11.8 Å². The van der Waals surface area contributed by atoms with Gasteiger partial charge in [0.1, 0.15) is 0 Å². The summed E-state index contributed by atoms with van der Waals surface area (Å²) in [5.41, 5.74) is 0. The van der Waals surface area contributed by atoms with Gasteiger partial charge in [0.2, 0.25) is 5.91 Å². The van der Waals surface area contributed by atoms with E-state index in [0.717, 1.165) is 25.0 Å². The Morgan fingerprint density at radius 3 is 2.63 bits per heavy atom. The van der Waals surface area contributed by atoms with Crippen LogP contribution in [0.1, 0.15) is 40.0 Å². The fraction of sp³-hybridized carbons (Fsp3) is 0.933. The van der Waals surface area contributed by atoms with E-state index in [1.54, 1.807) is 0 Å². The molecule has 0 aromatic heterocycles. The van der Waals surface area contributed by atoms with Crippen molar-refractivity contribution in [3.8, 4) is 0 Å². The van der Waals surface area contributed by atoms with Gasteiger partial charge in [0.15, 0.2) is 0 Å². The SMILES string of the molecule is CC(C)CNC(=O)C(C)NCC1CCN(C2CC2)C1. The zero-order chi connectivity index (χ0) is 13.8. The van der Waals surface area contributed by atoms with Crippen LogP contribution in [-0.2, 0) is 4.79 Å². The fourth-order valence-corrected chi connectivity index (χ4v) is 2.69. The van der Waals surface area contributed by atoms with E-state index in [0.29, 0.717) is 5.92 Å². The third-order valence-electron chi connectivity index (χ3n) is 4.17. The lowest BCUT2D eigenvalue weighted by Crippen LogP contribution is -2.45. The van der Waals surface area contributed by atoms with Crippen LogP contribution in [0.4, 0.5) is 0 Å². The minimum Gasteiger partial charge on any atom is -0.354 e.